The van der Waals surface area contributed by atoms with E-state index < -0.39 is 0 Å². The Labute approximate surface area is 226 Å². The lowest BCUT2D eigenvalue weighted by Crippen LogP contribution is -2.48. The number of hydrogen-bond acceptors (Lipinski definition) is 2. The lowest BCUT2D eigenvalue weighted by atomic mass is 9.76. The summed E-state index contributed by atoms with van der Waals surface area (Å²) >= 11 is 0. The third kappa shape index (κ3) is 6.23. The van der Waals surface area contributed by atoms with Crippen LogP contribution in [0, 0.1) is 5.92 Å². The maximum Gasteiger partial charge on any atom is 0.0342 e. The standard InChI is InChI=1S/C35H48N2/c1-25(2)34-18-15-31(23-32(34)14-17-33-16-9-26(3)36-35(33,4)5)30-19-21-37(22-20-30)24-27-10-12-29(13-11-27)28-7-6-8-28/h10-13,15,18,23,28,30,33,36H,1,3,6-9,14,16-17,19-22,24H2,2,4-5H3. The highest BCUT2D eigenvalue weighted by Gasteiger charge is 2.33. The van der Waals surface area contributed by atoms with Crippen molar-refractivity contribution in [3.05, 3.63) is 89.1 Å². The van der Waals surface area contributed by atoms with Crippen molar-refractivity contribution in [1.82, 2.24) is 10.2 Å². The fourth-order valence-electron chi connectivity index (χ4n) is 6.97. The number of rotatable bonds is 8. The highest BCUT2D eigenvalue weighted by atomic mass is 15.1. The van der Waals surface area contributed by atoms with Crippen LogP contribution in [0.2, 0.25) is 0 Å². The Balaban J connectivity index is 1.19. The van der Waals surface area contributed by atoms with Gasteiger partial charge < -0.3 is 5.32 Å². The Morgan fingerprint density at radius 3 is 2.24 bits per heavy atom. The zero-order chi connectivity index (χ0) is 26.0. The van der Waals surface area contributed by atoms with Gasteiger partial charge in [0, 0.05) is 17.8 Å². The molecule has 0 aromatic heterocycles. The van der Waals surface area contributed by atoms with Crippen LogP contribution in [-0.4, -0.2) is 23.5 Å². The van der Waals surface area contributed by atoms with E-state index in [1.54, 1.807) is 11.1 Å². The minimum Gasteiger partial charge on any atom is -0.384 e. The molecule has 2 saturated heterocycles. The van der Waals surface area contributed by atoms with Crippen molar-refractivity contribution in [2.75, 3.05) is 13.1 Å². The molecule has 2 aromatic carbocycles. The third-order valence-corrected chi connectivity index (χ3v) is 9.69. The van der Waals surface area contributed by atoms with Crippen LogP contribution in [0.15, 0.2) is 61.3 Å². The van der Waals surface area contributed by atoms with Gasteiger partial charge in [-0.2, -0.15) is 0 Å². The number of hydrogen-bond donors (Lipinski definition) is 1. The van der Waals surface area contributed by atoms with Crippen LogP contribution < -0.4 is 5.32 Å². The molecule has 2 aromatic rings. The maximum atomic E-state index is 4.30. The highest BCUT2D eigenvalue weighted by molar-refractivity contribution is 5.65. The summed E-state index contributed by atoms with van der Waals surface area (Å²) in [5.74, 6) is 2.17. The Bertz CT molecular complexity index is 1100. The van der Waals surface area contributed by atoms with Crippen molar-refractivity contribution in [1.29, 1.82) is 0 Å². The Morgan fingerprint density at radius 1 is 0.946 bits per heavy atom. The molecule has 1 atom stereocenters. The molecule has 0 bridgehead atoms. The number of benzene rings is 2. The summed E-state index contributed by atoms with van der Waals surface area (Å²) < 4.78 is 0. The van der Waals surface area contributed by atoms with Crippen molar-refractivity contribution in [2.45, 2.75) is 102 Å². The maximum absolute atomic E-state index is 4.30. The fraction of sp³-hybridized carbons (Fsp3) is 0.543. The molecule has 1 aliphatic carbocycles. The smallest absolute Gasteiger partial charge is 0.0342 e. The summed E-state index contributed by atoms with van der Waals surface area (Å²) in [6.07, 6.45) is 11.4. The molecule has 0 amide bonds. The average molecular weight is 497 g/mol. The lowest BCUT2D eigenvalue weighted by molar-refractivity contribution is 0.204. The van der Waals surface area contributed by atoms with Crippen molar-refractivity contribution < 1.29 is 0 Å². The second-order valence-electron chi connectivity index (χ2n) is 12.8. The summed E-state index contributed by atoms with van der Waals surface area (Å²) in [7, 11) is 0. The number of piperidine rings is 2. The van der Waals surface area contributed by atoms with Crippen LogP contribution in [0.25, 0.3) is 5.57 Å². The number of allylic oxidation sites excluding steroid dienone is 2. The van der Waals surface area contributed by atoms with Crippen LogP contribution in [0.5, 0.6) is 0 Å². The third-order valence-electron chi connectivity index (χ3n) is 9.69. The first kappa shape index (κ1) is 26.3. The van der Waals surface area contributed by atoms with E-state index in [2.05, 4.69) is 86.6 Å². The molecule has 2 aliphatic heterocycles. The second kappa shape index (κ2) is 11.2. The highest BCUT2D eigenvalue weighted by Crippen LogP contribution is 2.37. The van der Waals surface area contributed by atoms with Crippen molar-refractivity contribution >= 4 is 5.57 Å². The first-order chi connectivity index (χ1) is 17.8. The zero-order valence-corrected chi connectivity index (χ0v) is 23.6. The Kier molecular flexibility index (Phi) is 7.96. The number of likely N-dealkylation sites (tertiary alicyclic amines) is 1. The number of aryl methyl sites for hydroxylation is 1. The van der Waals surface area contributed by atoms with Gasteiger partial charge in [-0.3, -0.25) is 4.90 Å². The minimum absolute atomic E-state index is 0.126. The van der Waals surface area contributed by atoms with Gasteiger partial charge in [0.15, 0.2) is 0 Å². The normalized spacial score (nSPS) is 22.9. The van der Waals surface area contributed by atoms with E-state index in [-0.39, 0.29) is 5.54 Å². The van der Waals surface area contributed by atoms with Gasteiger partial charge in [-0.15, -0.1) is 0 Å². The van der Waals surface area contributed by atoms with Gasteiger partial charge >= 0.3 is 0 Å². The second-order valence-corrected chi connectivity index (χ2v) is 12.8. The number of nitrogens with zero attached hydrogens (tertiary/aromatic N) is 1. The molecule has 2 nitrogen and oxygen atoms in total. The van der Waals surface area contributed by atoms with Gasteiger partial charge in [0.2, 0.25) is 0 Å². The van der Waals surface area contributed by atoms with Gasteiger partial charge in [-0.25, -0.2) is 0 Å². The van der Waals surface area contributed by atoms with Gasteiger partial charge in [0.05, 0.1) is 0 Å². The quantitative estimate of drug-likeness (QED) is 0.394. The SMILES string of the molecule is C=C1CCC(CCc2cc(C3CCN(Cc4ccc(C5CCC5)cc4)CC3)ccc2C(=C)C)C(C)(C)N1. The summed E-state index contributed by atoms with van der Waals surface area (Å²) in [6, 6.07) is 16.8. The van der Waals surface area contributed by atoms with Crippen LogP contribution in [0.1, 0.15) is 112 Å². The van der Waals surface area contributed by atoms with Crippen LogP contribution in [-0.2, 0) is 13.0 Å². The first-order valence-corrected chi connectivity index (χ1v) is 14.8. The van der Waals surface area contributed by atoms with E-state index in [0.717, 1.165) is 25.3 Å². The molecule has 37 heavy (non-hydrogen) atoms. The molecule has 1 unspecified atom stereocenters. The van der Waals surface area contributed by atoms with Gasteiger partial charge in [0.25, 0.3) is 0 Å². The van der Waals surface area contributed by atoms with Crippen molar-refractivity contribution in [3.63, 3.8) is 0 Å². The molecule has 0 spiro atoms. The minimum atomic E-state index is 0.126. The van der Waals surface area contributed by atoms with E-state index in [1.807, 2.05) is 0 Å². The molecule has 2 heterocycles. The first-order valence-electron chi connectivity index (χ1n) is 14.8. The van der Waals surface area contributed by atoms with Crippen molar-refractivity contribution in [2.24, 2.45) is 5.92 Å². The van der Waals surface area contributed by atoms with Crippen LogP contribution in [0.4, 0.5) is 0 Å². The molecule has 5 rings (SSSR count). The van der Waals surface area contributed by atoms with E-state index in [0.29, 0.717) is 11.8 Å². The average Bonchev–Trinajstić information content (AvgIpc) is 2.83. The Morgan fingerprint density at radius 2 is 1.62 bits per heavy atom. The van der Waals surface area contributed by atoms with E-state index in [9.17, 15) is 0 Å². The molecule has 3 fully saturated rings. The van der Waals surface area contributed by atoms with E-state index >= 15 is 0 Å². The van der Waals surface area contributed by atoms with Crippen LogP contribution >= 0.6 is 0 Å². The molecule has 1 N–H and O–H groups in total. The summed E-state index contributed by atoms with van der Waals surface area (Å²) in [5.41, 5.74) is 9.93. The predicted octanol–water partition coefficient (Wildman–Crippen LogP) is 8.59. The largest absolute Gasteiger partial charge is 0.384 e. The zero-order valence-electron chi connectivity index (χ0n) is 23.6. The molecular formula is C35H48N2. The number of nitrogens with one attached hydrogen (secondary N) is 1. The lowest BCUT2D eigenvalue weighted by Gasteiger charge is -2.41. The molecule has 0 radical (unpaired) electrons. The summed E-state index contributed by atoms with van der Waals surface area (Å²) in [4.78, 5) is 2.66. The predicted molar refractivity (Wildman–Crippen MR) is 159 cm³/mol. The van der Waals surface area contributed by atoms with Gasteiger partial charge in [-0.05, 0) is 131 Å². The molecule has 1 saturated carbocycles. The van der Waals surface area contributed by atoms with Crippen LogP contribution in [0.3, 0.4) is 0 Å². The summed E-state index contributed by atoms with van der Waals surface area (Å²) in [6.45, 7) is 18.8. The molecular weight excluding hydrogens is 448 g/mol. The topological polar surface area (TPSA) is 15.3 Å². The molecule has 2 heteroatoms. The Hall–Kier alpha value is -2.32. The van der Waals surface area contributed by atoms with Gasteiger partial charge in [-0.1, -0.05) is 67.6 Å². The van der Waals surface area contributed by atoms with Crippen molar-refractivity contribution in [3.8, 4) is 0 Å². The molecule has 3 aliphatic rings. The fourth-order valence-corrected chi connectivity index (χ4v) is 6.97. The summed E-state index contributed by atoms with van der Waals surface area (Å²) in [5, 5.41) is 3.66. The molecule has 198 valence electrons. The monoisotopic (exact) mass is 496 g/mol. The van der Waals surface area contributed by atoms with E-state index in [4.69, 9.17) is 0 Å². The van der Waals surface area contributed by atoms with E-state index in [1.165, 1.54) is 86.0 Å². The van der Waals surface area contributed by atoms with Gasteiger partial charge in [0.1, 0.15) is 0 Å².